The highest BCUT2D eigenvalue weighted by Crippen LogP contribution is 2.25. The van der Waals surface area contributed by atoms with Gasteiger partial charge in [-0.2, -0.15) is 4.98 Å². The van der Waals surface area contributed by atoms with Crippen LogP contribution >= 0.6 is 0 Å². The third-order valence-corrected chi connectivity index (χ3v) is 6.10. The summed E-state index contributed by atoms with van der Waals surface area (Å²) in [7, 11) is 3.27. The van der Waals surface area contributed by atoms with E-state index < -0.39 is 0 Å². The fraction of sp³-hybridized carbons (Fsp3) is 0.385. The van der Waals surface area contributed by atoms with E-state index in [4.69, 9.17) is 9.26 Å². The largest absolute Gasteiger partial charge is 0.495 e. The lowest BCUT2D eigenvalue weighted by molar-refractivity contribution is 0.0724. The summed E-state index contributed by atoms with van der Waals surface area (Å²) in [6.07, 6.45) is 3.74. The lowest BCUT2D eigenvalue weighted by Crippen LogP contribution is -2.35. The molecule has 0 saturated carbocycles. The second kappa shape index (κ2) is 11.0. The number of aromatic nitrogens is 2. The molecule has 3 aromatic rings. The molecular formula is C26H31N5O4. The number of nitrogens with one attached hydrogen (secondary N) is 1. The Morgan fingerprint density at radius 2 is 1.86 bits per heavy atom. The Balaban J connectivity index is 1.32. The number of hydrogen-bond acceptors (Lipinski definition) is 6. The molecule has 35 heavy (non-hydrogen) atoms. The Bertz CT molecular complexity index is 1170. The summed E-state index contributed by atoms with van der Waals surface area (Å²) in [5.41, 5.74) is 3.05. The second-order valence-corrected chi connectivity index (χ2v) is 8.75. The van der Waals surface area contributed by atoms with Crippen molar-refractivity contribution < 1.29 is 18.8 Å². The fourth-order valence-electron chi connectivity index (χ4n) is 4.01. The summed E-state index contributed by atoms with van der Waals surface area (Å²) in [5, 5.41) is 6.91. The van der Waals surface area contributed by atoms with Crippen LogP contribution in [0, 0.1) is 6.92 Å². The predicted molar refractivity (Wildman–Crippen MR) is 133 cm³/mol. The van der Waals surface area contributed by atoms with Gasteiger partial charge in [-0.05, 0) is 68.1 Å². The third-order valence-electron chi connectivity index (χ3n) is 6.10. The van der Waals surface area contributed by atoms with Gasteiger partial charge in [0, 0.05) is 44.2 Å². The van der Waals surface area contributed by atoms with Gasteiger partial charge >= 0.3 is 6.03 Å². The summed E-state index contributed by atoms with van der Waals surface area (Å²) < 4.78 is 10.7. The number of carbonyl (C=O) groups excluding carboxylic acids is 2. The fourth-order valence-corrected chi connectivity index (χ4v) is 4.01. The van der Waals surface area contributed by atoms with E-state index in [1.165, 1.54) is 6.42 Å². The van der Waals surface area contributed by atoms with Gasteiger partial charge in [0.1, 0.15) is 5.75 Å². The number of rotatable bonds is 7. The van der Waals surface area contributed by atoms with Gasteiger partial charge in [-0.25, -0.2) is 4.79 Å². The molecule has 1 aliphatic rings. The quantitative estimate of drug-likeness (QED) is 0.542. The van der Waals surface area contributed by atoms with Gasteiger partial charge in [-0.1, -0.05) is 11.2 Å². The highest BCUT2D eigenvalue weighted by atomic mass is 16.5. The normalized spacial score (nSPS) is 13.4. The second-order valence-electron chi connectivity index (χ2n) is 8.75. The van der Waals surface area contributed by atoms with Gasteiger partial charge in [0.25, 0.3) is 11.8 Å². The van der Waals surface area contributed by atoms with E-state index in [0.29, 0.717) is 41.7 Å². The van der Waals surface area contributed by atoms with E-state index in [-0.39, 0.29) is 11.9 Å². The van der Waals surface area contributed by atoms with E-state index >= 15 is 0 Å². The Kier molecular flexibility index (Phi) is 7.64. The number of carbonyl (C=O) groups is 2. The number of likely N-dealkylation sites (N-methyl/N-ethyl adjacent to an activating group) is 1. The highest BCUT2D eigenvalue weighted by Gasteiger charge is 2.19. The van der Waals surface area contributed by atoms with E-state index in [1.54, 1.807) is 31.2 Å². The number of benzene rings is 2. The van der Waals surface area contributed by atoms with Crippen molar-refractivity contribution >= 4 is 17.6 Å². The van der Waals surface area contributed by atoms with E-state index in [9.17, 15) is 9.59 Å². The topological polar surface area (TPSA) is 101 Å². The Morgan fingerprint density at radius 3 is 2.57 bits per heavy atom. The Labute approximate surface area is 205 Å². The minimum Gasteiger partial charge on any atom is -0.495 e. The van der Waals surface area contributed by atoms with Crippen LogP contribution in [-0.4, -0.2) is 65.7 Å². The molecule has 0 spiro atoms. The maximum atomic E-state index is 12.7. The number of piperidine rings is 1. The van der Waals surface area contributed by atoms with Crippen LogP contribution in [0.3, 0.4) is 0 Å². The Hall–Kier alpha value is -3.88. The van der Waals surface area contributed by atoms with Crippen LogP contribution < -0.4 is 10.1 Å². The molecule has 0 atom stereocenters. The summed E-state index contributed by atoms with van der Waals surface area (Å²) in [6, 6.07) is 12.6. The SMILES string of the molecule is COc1ccc(C)cc1NC(=O)N(C)CCc1noc(-c2ccc(C(=O)N3CCCCC3)cc2)n1. The molecule has 9 nitrogen and oxygen atoms in total. The number of nitrogens with zero attached hydrogens (tertiary/aromatic N) is 4. The molecule has 1 aromatic heterocycles. The molecule has 1 aliphatic heterocycles. The molecule has 0 radical (unpaired) electrons. The van der Waals surface area contributed by atoms with Gasteiger partial charge in [-0.15, -0.1) is 0 Å². The predicted octanol–water partition coefficient (Wildman–Crippen LogP) is 4.39. The number of ether oxygens (including phenoxy) is 1. The van der Waals surface area contributed by atoms with Crippen LogP contribution in [0.2, 0.25) is 0 Å². The van der Waals surface area contributed by atoms with Crippen LogP contribution in [-0.2, 0) is 6.42 Å². The van der Waals surface area contributed by atoms with Gasteiger partial charge in [0.05, 0.1) is 12.8 Å². The van der Waals surface area contributed by atoms with Crippen molar-refractivity contribution in [2.24, 2.45) is 0 Å². The zero-order valence-electron chi connectivity index (χ0n) is 20.4. The average molecular weight is 478 g/mol. The first kappa shape index (κ1) is 24.3. The molecule has 9 heteroatoms. The van der Waals surface area contributed by atoms with Crippen molar-refractivity contribution in [1.82, 2.24) is 19.9 Å². The van der Waals surface area contributed by atoms with Crippen molar-refractivity contribution in [3.8, 4) is 17.2 Å². The molecular weight excluding hydrogens is 446 g/mol. The highest BCUT2D eigenvalue weighted by molar-refractivity contribution is 5.94. The van der Waals surface area contributed by atoms with Gasteiger partial charge < -0.3 is 24.4 Å². The molecule has 2 heterocycles. The zero-order valence-corrected chi connectivity index (χ0v) is 20.4. The summed E-state index contributed by atoms with van der Waals surface area (Å²) in [5.74, 6) is 1.55. The van der Waals surface area contributed by atoms with Crippen molar-refractivity contribution in [2.45, 2.75) is 32.6 Å². The van der Waals surface area contributed by atoms with Crippen LogP contribution in [0.5, 0.6) is 5.75 Å². The van der Waals surface area contributed by atoms with E-state index in [0.717, 1.165) is 37.1 Å². The van der Waals surface area contributed by atoms with Crippen molar-refractivity contribution in [2.75, 3.05) is 39.1 Å². The molecule has 1 saturated heterocycles. The van der Waals surface area contributed by atoms with Crippen LogP contribution in [0.25, 0.3) is 11.5 Å². The molecule has 2 aromatic carbocycles. The number of amides is 3. The summed E-state index contributed by atoms with van der Waals surface area (Å²) in [4.78, 5) is 33.2. The summed E-state index contributed by atoms with van der Waals surface area (Å²) in [6.45, 7) is 3.99. The van der Waals surface area contributed by atoms with Crippen LogP contribution in [0.15, 0.2) is 47.0 Å². The molecule has 184 valence electrons. The number of aryl methyl sites for hydroxylation is 1. The zero-order chi connectivity index (χ0) is 24.8. The molecule has 0 aliphatic carbocycles. The van der Waals surface area contributed by atoms with Crippen molar-refractivity contribution in [3.63, 3.8) is 0 Å². The van der Waals surface area contributed by atoms with Gasteiger partial charge in [0.15, 0.2) is 5.82 Å². The smallest absolute Gasteiger partial charge is 0.321 e. The number of urea groups is 1. The maximum Gasteiger partial charge on any atom is 0.321 e. The average Bonchev–Trinajstić information content (AvgIpc) is 3.36. The van der Waals surface area contributed by atoms with Gasteiger partial charge in [-0.3, -0.25) is 4.79 Å². The van der Waals surface area contributed by atoms with E-state index in [1.807, 2.05) is 42.2 Å². The van der Waals surface area contributed by atoms with Gasteiger partial charge in [0.2, 0.25) is 0 Å². The first-order valence-electron chi connectivity index (χ1n) is 11.8. The Morgan fingerprint density at radius 1 is 1.11 bits per heavy atom. The van der Waals surface area contributed by atoms with Crippen LogP contribution in [0.1, 0.15) is 41.0 Å². The minimum atomic E-state index is -0.258. The van der Waals surface area contributed by atoms with Crippen molar-refractivity contribution in [3.05, 3.63) is 59.4 Å². The molecule has 0 unspecified atom stereocenters. The molecule has 0 bridgehead atoms. The first-order valence-corrected chi connectivity index (χ1v) is 11.8. The lowest BCUT2D eigenvalue weighted by atomic mass is 10.1. The minimum absolute atomic E-state index is 0.0621. The van der Waals surface area contributed by atoms with Crippen molar-refractivity contribution in [1.29, 1.82) is 0 Å². The molecule has 4 rings (SSSR count). The molecule has 3 amide bonds. The number of likely N-dealkylation sites (tertiary alicyclic amines) is 1. The van der Waals surface area contributed by atoms with Crippen LogP contribution in [0.4, 0.5) is 10.5 Å². The van der Waals surface area contributed by atoms with E-state index in [2.05, 4.69) is 15.5 Å². The standard InChI is InChI=1S/C26H31N5O4/c1-18-7-12-22(34-3)21(17-18)27-26(33)30(2)16-13-23-28-24(35-29-23)19-8-10-20(11-9-19)25(32)31-14-5-4-6-15-31/h7-12,17H,4-6,13-16H2,1-3H3,(H,27,33). The third kappa shape index (κ3) is 5.98. The number of anilines is 1. The first-order chi connectivity index (χ1) is 16.9. The lowest BCUT2D eigenvalue weighted by Gasteiger charge is -2.26. The number of methoxy groups -OCH3 is 1. The molecule has 1 fully saturated rings. The monoisotopic (exact) mass is 477 g/mol. The maximum absolute atomic E-state index is 12.7. The molecule has 1 N–H and O–H groups in total. The summed E-state index contributed by atoms with van der Waals surface area (Å²) >= 11 is 0. The number of hydrogen-bond donors (Lipinski definition) is 1.